The third-order valence-electron chi connectivity index (χ3n) is 4.96. The first-order valence-corrected chi connectivity index (χ1v) is 9.82. The number of ether oxygens (including phenoxy) is 2. The molecule has 0 unspecified atom stereocenters. The molecule has 2 aromatic carbocycles. The number of aromatic nitrogens is 4. The van der Waals surface area contributed by atoms with Gasteiger partial charge in [-0.1, -0.05) is 6.07 Å². The number of fused-ring (bicyclic) bond motifs is 1. The molecular formula is C22H19F4N5O2. The van der Waals surface area contributed by atoms with Crippen molar-refractivity contribution >= 4 is 5.65 Å². The molecule has 0 radical (unpaired) electrons. The summed E-state index contributed by atoms with van der Waals surface area (Å²) in [4.78, 5) is 5.93. The van der Waals surface area contributed by atoms with Crippen molar-refractivity contribution in [2.45, 2.75) is 12.7 Å². The van der Waals surface area contributed by atoms with Crippen LogP contribution >= 0.6 is 0 Å². The van der Waals surface area contributed by atoms with E-state index in [0.717, 1.165) is 12.1 Å². The van der Waals surface area contributed by atoms with Gasteiger partial charge in [0.05, 0.1) is 18.4 Å². The first kappa shape index (κ1) is 22.5. The van der Waals surface area contributed by atoms with Crippen molar-refractivity contribution in [1.29, 1.82) is 0 Å². The van der Waals surface area contributed by atoms with Crippen molar-refractivity contribution in [2.24, 2.45) is 0 Å². The van der Waals surface area contributed by atoms with Gasteiger partial charge in [0.2, 0.25) is 5.88 Å². The van der Waals surface area contributed by atoms with Crippen LogP contribution in [0.25, 0.3) is 17.0 Å². The number of alkyl halides is 2. The number of likely N-dealkylation sites (N-methyl/N-ethyl adjacent to an activating group) is 1. The second kappa shape index (κ2) is 9.41. The molecule has 0 N–H and O–H groups in total. The van der Waals surface area contributed by atoms with Crippen molar-refractivity contribution in [2.75, 3.05) is 20.7 Å². The number of hydrogen-bond donors (Lipinski definition) is 0. The molecule has 0 spiro atoms. The summed E-state index contributed by atoms with van der Waals surface area (Å²) in [5, 5.41) is 8.25. The van der Waals surface area contributed by atoms with Crippen LogP contribution in [0.1, 0.15) is 11.6 Å². The SMILES string of the molecule is CN(C)[C@@H](COc1cncc2nnc(-c3ccc(OC(F)F)cc3)n12)c1ccc(F)c(F)c1. The second-order valence-electron chi connectivity index (χ2n) is 7.33. The average Bonchev–Trinajstić information content (AvgIpc) is 3.21. The van der Waals surface area contributed by atoms with Crippen LogP contribution < -0.4 is 9.47 Å². The smallest absolute Gasteiger partial charge is 0.387 e. The second-order valence-corrected chi connectivity index (χ2v) is 7.33. The number of nitrogens with zero attached hydrogens (tertiary/aromatic N) is 5. The number of benzene rings is 2. The van der Waals surface area contributed by atoms with E-state index < -0.39 is 18.2 Å². The third kappa shape index (κ3) is 4.87. The zero-order valence-electron chi connectivity index (χ0n) is 17.6. The van der Waals surface area contributed by atoms with Crippen molar-refractivity contribution in [3.05, 3.63) is 72.1 Å². The van der Waals surface area contributed by atoms with E-state index in [9.17, 15) is 17.6 Å². The summed E-state index contributed by atoms with van der Waals surface area (Å²) in [6, 6.07) is 9.26. The topological polar surface area (TPSA) is 64.8 Å². The van der Waals surface area contributed by atoms with Gasteiger partial charge in [-0.2, -0.15) is 8.78 Å². The predicted molar refractivity (Wildman–Crippen MR) is 111 cm³/mol. The molecule has 33 heavy (non-hydrogen) atoms. The van der Waals surface area contributed by atoms with Crippen LogP contribution in [0.15, 0.2) is 54.9 Å². The van der Waals surface area contributed by atoms with E-state index >= 15 is 0 Å². The zero-order chi connectivity index (χ0) is 23.5. The first-order chi connectivity index (χ1) is 15.8. The number of hydrogen-bond acceptors (Lipinski definition) is 6. The highest BCUT2D eigenvalue weighted by Crippen LogP contribution is 2.27. The summed E-state index contributed by atoms with van der Waals surface area (Å²) in [5.41, 5.74) is 1.53. The van der Waals surface area contributed by atoms with E-state index in [0.29, 0.717) is 28.5 Å². The minimum absolute atomic E-state index is 0.0149. The van der Waals surface area contributed by atoms with Gasteiger partial charge in [-0.25, -0.2) is 13.2 Å². The third-order valence-corrected chi connectivity index (χ3v) is 4.96. The molecule has 4 aromatic rings. The molecule has 1 atom stereocenters. The number of halogens is 4. The quantitative estimate of drug-likeness (QED) is 0.364. The van der Waals surface area contributed by atoms with Gasteiger partial charge in [0.25, 0.3) is 0 Å². The lowest BCUT2D eigenvalue weighted by Crippen LogP contribution is -2.26. The van der Waals surface area contributed by atoms with E-state index in [4.69, 9.17) is 4.74 Å². The average molecular weight is 461 g/mol. The highest BCUT2D eigenvalue weighted by atomic mass is 19.3. The Morgan fingerprint density at radius 3 is 2.39 bits per heavy atom. The molecule has 172 valence electrons. The van der Waals surface area contributed by atoms with E-state index in [1.807, 2.05) is 4.90 Å². The summed E-state index contributed by atoms with van der Waals surface area (Å²) in [6.45, 7) is -2.83. The zero-order valence-corrected chi connectivity index (χ0v) is 17.6. The van der Waals surface area contributed by atoms with Gasteiger partial charge in [-0.3, -0.25) is 9.88 Å². The minimum atomic E-state index is -2.92. The fourth-order valence-electron chi connectivity index (χ4n) is 3.32. The summed E-state index contributed by atoms with van der Waals surface area (Å²) < 4.78 is 63.9. The van der Waals surface area contributed by atoms with Crippen molar-refractivity contribution in [3.8, 4) is 23.0 Å². The van der Waals surface area contributed by atoms with E-state index in [-0.39, 0.29) is 18.4 Å². The fraction of sp³-hybridized carbons (Fsp3) is 0.227. The summed E-state index contributed by atoms with van der Waals surface area (Å²) in [7, 11) is 3.59. The normalized spacial score (nSPS) is 12.5. The fourth-order valence-corrected chi connectivity index (χ4v) is 3.32. The van der Waals surface area contributed by atoms with Gasteiger partial charge in [-0.15, -0.1) is 10.2 Å². The Balaban J connectivity index is 1.63. The summed E-state index contributed by atoms with van der Waals surface area (Å²) in [5.74, 6) is -1.13. The maximum atomic E-state index is 13.8. The van der Waals surface area contributed by atoms with Crippen LogP contribution in [0.3, 0.4) is 0 Å². The van der Waals surface area contributed by atoms with Crippen LogP contribution in [0.5, 0.6) is 11.6 Å². The lowest BCUT2D eigenvalue weighted by molar-refractivity contribution is -0.0498. The predicted octanol–water partition coefficient (Wildman–Crippen LogP) is 4.35. The molecular weight excluding hydrogens is 442 g/mol. The Bertz CT molecular complexity index is 1250. The Labute approximate surface area is 186 Å². The Hall–Kier alpha value is -3.73. The molecule has 0 saturated carbocycles. The highest BCUT2D eigenvalue weighted by Gasteiger charge is 2.19. The van der Waals surface area contributed by atoms with E-state index in [2.05, 4.69) is 19.9 Å². The van der Waals surface area contributed by atoms with Gasteiger partial charge in [0.1, 0.15) is 12.4 Å². The van der Waals surface area contributed by atoms with Crippen molar-refractivity contribution in [1.82, 2.24) is 24.5 Å². The Morgan fingerprint density at radius 1 is 0.970 bits per heavy atom. The summed E-state index contributed by atoms with van der Waals surface area (Å²) in [6.07, 6.45) is 2.97. The molecule has 11 heteroatoms. The van der Waals surface area contributed by atoms with E-state index in [1.54, 1.807) is 30.6 Å². The van der Waals surface area contributed by atoms with Crippen LogP contribution in [-0.4, -0.2) is 51.8 Å². The maximum absolute atomic E-state index is 13.8. The Morgan fingerprint density at radius 2 is 1.73 bits per heavy atom. The molecule has 0 amide bonds. The lowest BCUT2D eigenvalue weighted by Gasteiger charge is -2.25. The standard InChI is InChI=1S/C22H19F4N5O2/c1-30(2)18(14-5-8-16(23)17(24)9-14)12-32-20-11-27-10-19-28-29-21(31(19)20)13-3-6-15(7-4-13)33-22(25)26/h3-11,18,22H,12H2,1-2H3/t18-/m0/s1. The molecule has 2 heterocycles. The highest BCUT2D eigenvalue weighted by molar-refractivity contribution is 5.61. The van der Waals surface area contributed by atoms with Crippen LogP contribution in [0, 0.1) is 11.6 Å². The largest absolute Gasteiger partial charge is 0.475 e. The van der Waals surface area contributed by atoms with Gasteiger partial charge < -0.3 is 9.47 Å². The summed E-state index contributed by atoms with van der Waals surface area (Å²) >= 11 is 0. The molecule has 4 rings (SSSR count). The van der Waals surface area contributed by atoms with Crippen LogP contribution in [0.2, 0.25) is 0 Å². The molecule has 0 saturated heterocycles. The van der Waals surface area contributed by atoms with Gasteiger partial charge in [-0.05, 0) is 56.1 Å². The van der Waals surface area contributed by atoms with Gasteiger partial charge in [0.15, 0.2) is 23.1 Å². The van der Waals surface area contributed by atoms with Crippen molar-refractivity contribution in [3.63, 3.8) is 0 Å². The van der Waals surface area contributed by atoms with E-state index in [1.165, 1.54) is 30.6 Å². The molecule has 2 aromatic heterocycles. The Kier molecular flexibility index (Phi) is 6.40. The van der Waals surface area contributed by atoms with Gasteiger partial charge >= 0.3 is 6.61 Å². The van der Waals surface area contributed by atoms with Crippen LogP contribution in [0.4, 0.5) is 17.6 Å². The van der Waals surface area contributed by atoms with Crippen molar-refractivity contribution < 1.29 is 27.0 Å². The van der Waals surface area contributed by atoms with Crippen LogP contribution in [-0.2, 0) is 0 Å². The monoisotopic (exact) mass is 461 g/mol. The maximum Gasteiger partial charge on any atom is 0.387 e. The molecule has 0 aliphatic rings. The molecule has 7 nitrogen and oxygen atoms in total. The molecule has 0 aliphatic carbocycles. The lowest BCUT2D eigenvalue weighted by atomic mass is 10.1. The molecule has 0 fully saturated rings. The number of rotatable bonds is 8. The molecule has 0 bridgehead atoms. The minimum Gasteiger partial charge on any atom is -0.475 e. The van der Waals surface area contributed by atoms with Gasteiger partial charge in [0, 0.05) is 5.56 Å². The molecule has 0 aliphatic heterocycles. The first-order valence-electron chi connectivity index (χ1n) is 9.82.